The molecule has 0 fully saturated rings. The Bertz CT molecular complexity index is 680. The third-order valence-electron chi connectivity index (χ3n) is 3.08. The van der Waals surface area contributed by atoms with Crippen molar-refractivity contribution in [3.63, 3.8) is 0 Å². The monoisotopic (exact) mass is 303 g/mol. The van der Waals surface area contributed by atoms with E-state index < -0.39 is 5.97 Å². The topological polar surface area (TPSA) is 66.4 Å². The summed E-state index contributed by atoms with van der Waals surface area (Å²) in [5, 5.41) is 11.8. The van der Waals surface area contributed by atoms with Gasteiger partial charge in [-0.15, -0.1) is 0 Å². The van der Waals surface area contributed by atoms with E-state index in [2.05, 4.69) is 5.32 Å². The van der Waals surface area contributed by atoms with Crippen LogP contribution in [0.1, 0.15) is 33.2 Å². The van der Waals surface area contributed by atoms with Gasteiger partial charge >= 0.3 is 5.97 Å². The Labute approximate surface area is 127 Å². The minimum Gasteiger partial charge on any atom is -0.478 e. The van der Waals surface area contributed by atoms with E-state index in [-0.39, 0.29) is 16.5 Å². The van der Waals surface area contributed by atoms with E-state index in [1.54, 1.807) is 18.2 Å². The van der Waals surface area contributed by atoms with Gasteiger partial charge in [-0.25, -0.2) is 4.79 Å². The van der Waals surface area contributed by atoms with Gasteiger partial charge in [0, 0.05) is 11.3 Å². The molecule has 1 amide bonds. The summed E-state index contributed by atoms with van der Waals surface area (Å²) in [6, 6.07) is 11.6. The lowest BCUT2D eigenvalue weighted by atomic mass is 10.1. The van der Waals surface area contributed by atoms with Crippen LogP contribution in [0.15, 0.2) is 42.5 Å². The Hall–Kier alpha value is -2.33. The molecule has 0 heterocycles. The van der Waals surface area contributed by atoms with Crippen LogP contribution in [0.2, 0.25) is 5.02 Å². The number of nitrogens with one attached hydrogen (secondary N) is 1. The second-order valence-electron chi connectivity index (χ2n) is 4.50. The summed E-state index contributed by atoms with van der Waals surface area (Å²) in [7, 11) is 0. The highest BCUT2D eigenvalue weighted by Crippen LogP contribution is 2.21. The van der Waals surface area contributed by atoms with Crippen molar-refractivity contribution >= 4 is 29.2 Å². The molecular weight excluding hydrogens is 290 g/mol. The third kappa shape index (κ3) is 3.61. The molecule has 108 valence electrons. The first-order valence-corrected chi connectivity index (χ1v) is 6.82. The lowest BCUT2D eigenvalue weighted by molar-refractivity contribution is 0.0696. The highest BCUT2D eigenvalue weighted by atomic mass is 35.5. The van der Waals surface area contributed by atoms with Crippen molar-refractivity contribution in [3.05, 3.63) is 64.2 Å². The zero-order chi connectivity index (χ0) is 15.4. The largest absolute Gasteiger partial charge is 0.478 e. The van der Waals surface area contributed by atoms with Crippen molar-refractivity contribution in [2.75, 3.05) is 5.32 Å². The number of carboxylic acids is 1. The number of carboxylic acid groups (broad SMARTS) is 1. The van der Waals surface area contributed by atoms with Crippen LogP contribution >= 0.6 is 11.6 Å². The van der Waals surface area contributed by atoms with Crippen LogP contribution in [0.3, 0.4) is 0 Å². The van der Waals surface area contributed by atoms with Crippen LogP contribution in [0.4, 0.5) is 5.69 Å². The number of halogens is 1. The summed E-state index contributed by atoms with van der Waals surface area (Å²) < 4.78 is 0. The number of anilines is 1. The van der Waals surface area contributed by atoms with Gasteiger partial charge in [0.05, 0.1) is 10.6 Å². The molecule has 2 aromatic carbocycles. The van der Waals surface area contributed by atoms with Gasteiger partial charge in [0.25, 0.3) is 5.91 Å². The van der Waals surface area contributed by atoms with Gasteiger partial charge in [-0.3, -0.25) is 4.79 Å². The lowest BCUT2D eigenvalue weighted by Crippen LogP contribution is -2.12. The predicted molar refractivity (Wildman–Crippen MR) is 82.2 cm³/mol. The second-order valence-corrected chi connectivity index (χ2v) is 4.91. The van der Waals surface area contributed by atoms with Crippen LogP contribution in [0.25, 0.3) is 0 Å². The minimum atomic E-state index is -1.14. The van der Waals surface area contributed by atoms with Crippen molar-refractivity contribution in [2.45, 2.75) is 13.3 Å². The van der Waals surface area contributed by atoms with E-state index in [4.69, 9.17) is 16.7 Å². The number of amides is 1. The van der Waals surface area contributed by atoms with Crippen LogP contribution in [0, 0.1) is 0 Å². The minimum absolute atomic E-state index is 0.0456. The second kappa shape index (κ2) is 6.41. The first kappa shape index (κ1) is 15.1. The summed E-state index contributed by atoms with van der Waals surface area (Å²) in [6.45, 7) is 2.04. The zero-order valence-electron chi connectivity index (χ0n) is 11.4. The van der Waals surface area contributed by atoms with Gasteiger partial charge in [0.1, 0.15) is 0 Å². The highest BCUT2D eigenvalue weighted by molar-refractivity contribution is 6.33. The summed E-state index contributed by atoms with van der Waals surface area (Å²) >= 11 is 5.78. The molecule has 2 N–H and O–H groups in total. The molecule has 0 radical (unpaired) electrons. The smallest absolute Gasteiger partial charge is 0.337 e. The molecule has 0 aliphatic rings. The first-order valence-electron chi connectivity index (χ1n) is 6.44. The van der Waals surface area contributed by atoms with Crippen molar-refractivity contribution in [1.29, 1.82) is 0 Å². The van der Waals surface area contributed by atoms with E-state index in [1.807, 2.05) is 19.1 Å². The summed E-state index contributed by atoms with van der Waals surface area (Å²) in [6.07, 6.45) is 0.904. The number of hydrogen-bond donors (Lipinski definition) is 2. The van der Waals surface area contributed by atoms with Crippen molar-refractivity contribution in [1.82, 2.24) is 0 Å². The van der Waals surface area contributed by atoms with Crippen LogP contribution in [0.5, 0.6) is 0 Å². The zero-order valence-corrected chi connectivity index (χ0v) is 12.1. The van der Waals surface area contributed by atoms with E-state index in [1.165, 1.54) is 12.1 Å². The lowest BCUT2D eigenvalue weighted by Gasteiger charge is -2.07. The quantitative estimate of drug-likeness (QED) is 0.901. The average Bonchev–Trinajstić information content (AvgIpc) is 2.49. The molecule has 21 heavy (non-hydrogen) atoms. The number of carbonyl (C=O) groups is 2. The van der Waals surface area contributed by atoms with Gasteiger partial charge in [0.15, 0.2) is 0 Å². The van der Waals surface area contributed by atoms with Crippen molar-refractivity contribution in [3.8, 4) is 0 Å². The molecule has 4 nitrogen and oxygen atoms in total. The molecule has 0 aliphatic carbocycles. The maximum absolute atomic E-state index is 12.1. The molecule has 0 aromatic heterocycles. The third-order valence-corrected chi connectivity index (χ3v) is 3.41. The molecule has 5 heteroatoms. The highest BCUT2D eigenvalue weighted by Gasteiger charge is 2.11. The fourth-order valence-corrected chi connectivity index (χ4v) is 2.06. The summed E-state index contributed by atoms with van der Waals surface area (Å²) in [4.78, 5) is 23.1. The Balaban J connectivity index is 2.19. The molecule has 0 saturated heterocycles. The van der Waals surface area contributed by atoms with Gasteiger partial charge in [-0.1, -0.05) is 30.7 Å². The van der Waals surface area contributed by atoms with Gasteiger partial charge in [-0.2, -0.15) is 0 Å². The molecule has 0 atom stereocenters. The van der Waals surface area contributed by atoms with Crippen molar-refractivity contribution < 1.29 is 14.7 Å². The normalized spacial score (nSPS) is 10.2. The summed E-state index contributed by atoms with van der Waals surface area (Å²) in [5.74, 6) is -1.43. The predicted octanol–water partition coefficient (Wildman–Crippen LogP) is 3.85. The van der Waals surface area contributed by atoms with Crippen LogP contribution < -0.4 is 5.32 Å². The van der Waals surface area contributed by atoms with E-state index in [9.17, 15) is 9.59 Å². The van der Waals surface area contributed by atoms with Gasteiger partial charge in [-0.05, 0) is 42.3 Å². The van der Waals surface area contributed by atoms with E-state index in [0.29, 0.717) is 11.3 Å². The van der Waals surface area contributed by atoms with E-state index >= 15 is 0 Å². The number of rotatable bonds is 4. The molecule has 2 rings (SSSR count). The van der Waals surface area contributed by atoms with E-state index in [0.717, 1.165) is 12.0 Å². The number of carbonyl (C=O) groups excluding carboxylic acids is 1. The number of aromatic carboxylic acids is 1. The molecule has 2 aromatic rings. The Morgan fingerprint density at radius 3 is 2.38 bits per heavy atom. The fourth-order valence-electron chi connectivity index (χ4n) is 1.86. The molecule has 0 saturated carbocycles. The molecule has 0 aliphatic heterocycles. The van der Waals surface area contributed by atoms with Crippen molar-refractivity contribution in [2.24, 2.45) is 0 Å². The Morgan fingerprint density at radius 1 is 1.14 bits per heavy atom. The fraction of sp³-hybridized carbons (Fsp3) is 0.125. The molecule has 0 bridgehead atoms. The average molecular weight is 304 g/mol. The maximum atomic E-state index is 12.1. The number of benzene rings is 2. The number of hydrogen-bond acceptors (Lipinski definition) is 2. The standard InChI is InChI=1S/C16H14ClNO3/c1-2-10-3-5-11(6-4-10)15(19)18-12-7-8-14(17)13(9-12)16(20)21/h3-9H,2H2,1H3,(H,18,19)(H,20,21). The van der Waals surface area contributed by atoms with Gasteiger partial charge < -0.3 is 10.4 Å². The maximum Gasteiger partial charge on any atom is 0.337 e. The number of aryl methyl sites for hydroxylation is 1. The summed E-state index contributed by atoms with van der Waals surface area (Å²) in [5.41, 5.74) is 2.00. The molecule has 0 unspecified atom stereocenters. The Kier molecular flexibility index (Phi) is 4.60. The first-order chi connectivity index (χ1) is 10.0. The van der Waals surface area contributed by atoms with Crippen LogP contribution in [-0.2, 0) is 6.42 Å². The SMILES string of the molecule is CCc1ccc(C(=O)Nc2ccc(Cl)c(C(=O)O)c2)cc1. The Morgan fingerprint density at radius 2 is 1.81 bits per heavy atom. The van der Waals surface area contributed by atoms with Gasteiger partial charge in [0.2, 0.25) is 0 Å². The van der Waals surface area contributed by atoms with Crippen LogP contribution in [-0.4, -0.2) is 17.0 Å². The molecule has 0 spiro atoms. The molecular formula is C16H14ClNO3.